The molecule has 0 bridgehead atoms. The standard InChI is InChI=1S/C17H19N3O2/c1-22-15-8-9-18-16(12-15)17(21)19-13-4-6-14(7-5-13)20-10-2-3-11-20/h4-9,12H,2-3,10-11H2,1H3,(H,19,21). The molecular weight excluding hydrogens is 278 g/mol. The Morgan fingerprint density at radius 2 is 1.91 bits per heavy atom. The number of aromatic nitrogens is 1. The normalized spacial score (nSPS) is 14.0. The molecule has 0 atom stereocenters. The predicted molar refractivity (Wildman–Crippen MR) is 86.6 cm³/mol. The second-order valence-corrected chi connectivity index (χ2v) is 5.28. The zero-order valence-electron chi connectivity index (χ0n) is 12.6. The van der Waals surface area contributed by atoms with Gasteiger partial charge in [0.1, 0.15) is 11.4 Å². The molecular formula is C17H19N3O2. The smallest absolute Gasteiger partial charge is 0.274 e. The molecule has 1 aromatic carbocycles. The van der Waals surface area contributed by atoms with Crippen molar-refractivity contribution in [2.75, 3.05) is 30.4 Å². The molecule has 0 radical (unpaired) electrons. The molecule has 0 saturated carbocycles. The van der Waals surface area contributed by atoms with Gasteiger partial charge in [-0.05, 0) is 43.2 Å². The first kappa shape index (κ1) is 14.4. The van der Waals surface area contributed by atoms with Gasteiger partial charge in [0.05, 0.1) is 7.11 Å². The van der Waals surface area contributed by atoms with Gasteiger partial charge in [-0.15, -0.1) is 0 Å². The molecule has 5 heteroatoms. The van der Waals surface area contributed by atoms with E-state index in [0.717, 1.165) is 18.8 Å². The Balaban J connectivity index is 1.68. The highest BCUT2D eigenvalue weighted by Crippen LogP contribution is 2.22. The van der Waals surface area contributed by atoms with E-state index in [1.165, 1.54) is 18.5 Å². The van der Waals surface area contributed by atoms with E-state index < -0.39 is 0 Å². The molecule has 1 aliphatic rings. The van der Waals surface area contributed by atoms with Crippen molar-refractivity contribution in [1.29, 1.82) is 0 Å². The second kappa shape index (κ2) is 6.47. The maximum atomic E-state index is 12.2. The van der Waals surface area contributed by atoms with Crippen molar-refractivity contribution in [2.45, 2.75) is 12.8 Å². The highest BCUT2D eigenvalue weighted by atomic mass is 16.5. The van der Waals surface area contributed by atoms with Crippen LogP contribution < -0.4 is 15.0 Å². The van der Waals surface area contributed by atoms with Crippen LogP contribution in [0.25, 0.3) is 0 Å². The zero-order valence-corrected chi connectivity index (χ0v) is 12.6. The summed E-state index contributed by atoms with van der Waals surface area (Å²) in [6.45, 7) is 2.22. The minimum Gasteiger partial charge on any atom is -0.497 e. The van der Waals surface area contributed by atoms with Crippen molar-refractivity contribution >= 4 is 17.3 Å². The van der Waals surface area contributed by atoms with Crippen molar-refractivity contribution in [2.24, 2.45) is 0 Å². The van der Waals surface area contributed by atoms with Gasteiger partial charge in [0.2, 0.25) is 0 Å². The number of nitrogens with zero attached hydrogens (tertiary/aromatic N) is 2. The summed E-state index contributed by atoms with van der Waals surface area (Å²) in [5.74, 6) is 0.373. The molecule has 1 amide bonds. The van der Waals surface area contributed by atoms with E-state index in [9.17, 15) is 4.79 Å². The molecule has 2 heterocycles. The van der Waals surface area contributed by atoms with E-state index in [1.807, 2.05) is 24.3 Å². The number of rotatable bonds is 4. The van der Waals surface area contributed by atoms with Gasteiger partial charge in [-0.25, -0.2) is 0 Å². The van der Waals surface area contributed by atoms with Crippen LogP contribution in [0, 0.1) is 0 Å². The Hall–Kier alpha value is -2.56. The van der Waals surface area contributed by atoms with Crippen LogP contribution in [0.2, 0.25) is 0 Å². The number of pyridine rings is 1. The molecule has 114 valence electrons. The third-order valence-corrected chi connectivity index (χ3v) is 3.80. The van der Waals surface area contributed by atoms with Crippen molar-refractivity contribution in [1.82, 2.24) is 4.98 Å². The number of carbonyl (C=O) groups is 1. The molecule has 0 aliphatic carbocycles. The Bertz CT molecular complexity index is 649. The summed E-state index contributed by atoms with van der Waals surface area (Å²) < 4.78 is 5.10. The van der Waals surface area contributed by atoms with Gasteiger partial charge in [-0.1, -0.05) is 0 Å². The number of hydrogen-bond acceptors (Lipinski definition) is 4. The topological polar surface area (TPSA) is 54.5 Å². The van der Waals surface area contributed by atoms with Gasteiger partial charge in [0.25, 0.3) is 5.91 Å². The van der Waals surface area contributed by atoms with Gasteiger partial charge in [-0.2, -0.15) is 0 Å². The lowest BCUT2D eigenvalue weighted by Gasteiger charge is -2.17. The number of ether oxygens (including phenoxy) is 1. The van der Waals surface area contributed by atoms with Crippen LogP contribution in [-0.4, -0.2) is 31.1 Å². The minimum absolute atomic E-state index is 0.243. The minimum atomic E-state index is -0.243. The quantitative estimate of drug-likeness (QED) is 0.942. The summed E-state index contributed by atoms with van der Waals surface area (Å²) in [5.41, 5.74) is 2.30. The molecule has 1 aromatic heterocycles. The van der Waals surface area contributed by atoms with Crippen LogP contribution in [0.5, 0.6) is 5.75 Å². The van der Waals surface area contributed by atoms with Crippen molar-refractivity contribution in [3.63, 3.8) is 0 Å². The maximum Gasteiger partial charge on any atom is 0.274 e. The molecule has 5 nitrogen and oxygen atoms in total. The summed E-state index contributed by atoms with van der Waals surface area (Å²) in [6, 6.07) is 11.3. The number of amides is 1. The molecule has 1 fully saturated rings. The summed E-state index contributed by atoms with van der Waals surface area (Å²) in [5, 5.41) is 2.85. The summed E-state index contributed by atoms with van der Waals surface area (Å²) in [4.78, 5) is 18.6. The second-order valence-electron chi connectivity index (χ2n) is 5.28. The molecule has 2 aromatic rings. The zero-order chi connectivity index (χ0) is 15.4. The average Bonchev–Trinajstić information content (AvgIpc) is 3.10. The predicted octanol–water partition coefficient (Wildman–Crippen LogP) is 2.94. The lowest BCUT2D eigenvalue weighted by molar-refractivity contribution is 0.102. The van der Waals surface area contributed by atoms with E-state index in [2.05, 4.69) is 15.2 Å². The molecule has 1 saturated heterocycles. The first-order valence-corrected chi connectivity index (χ1v) is 7.43. The van der Waals surface area contributed by atoms with Gasteiger partial charge in [-0.3, -0.25) is 9.78 Å². The van der Waals surface area contributed by atoms with Gasteiger partial charge in [0, 0.05) is 36.7 Å². The number of hydrogen-bond donors (Lipinski definition) is 1. The van der Waals surface area contributed by atoms with Crippen molar-refractivity contribution < 1.29 is 9.53 Å². The van der Waals surface area contributed by atoms with Crippen molar-refractivity contribution in [3.05, 3.63) is 48.3 Å². The van der Waals surface area contributed by atoms with Gasteiger partial charge in [0.15, 0.2) is 0 Å². The van der Waals surface area contributed by atoms with Gasteiger partial charge < -0.3 is 15.0 Å². The highest BCUT2D eigenvalue weighted by Gasteiger charge is 2.13. The van der Waals surface area contributed by atoms with E-state index in [0.29, 0.717) is 11.4 Å². The lowest BCUT2D eigenvalue weighted by Crippen LogP contribution is -2.17. The third kappa shape index (κ3) is 3.19. The number of methoxy groups -OCH3 is 1. The Morgan fingerprint density at radius 1 is 1.18 bits per heavy atom. The molecule has 0 unspecified atom stereocenters. The van der Waals surface area contributed by atoms with Gasteiger partial charge >= 0.3 is 0 Å². The first-order valence-electron chi connectivity index (χ1n) is 7.43. The largest absolute Gasteiger partial charge is 0.497 e. The number of benzene rings is 1. The fourth-order valence-electron chi connectivity index (χ4n) is 2.59. The Kier molecular flexibility index (Phi) is 4.23. The third-order valence-electron chi connectivity index (χ3n) is 3.80. The van der Waals surface area contributed by atoms with Crippen LogP contribution in [0.1, 0.15) is 23.3 Å². The van der Waals surface area contributed by atoms with Crippen LogP contribution in [-0.2, 0) is 0 Å². The highest BCUT2D eigenvalue weighted by molar-refractivity contribution is 6.03. The molecule has 22 heavy (non-hydrogen) atoms. The number of nitrogens with one attached hydrogen (secondary N) is 1. The molecule has 1 aliphatic heterocycles. The molecule has 0 spiro atoms. The summed E-state index contributed by atoms with van der Waals surface area (Å²) in [6.07, 6.45) is 4.06. The summed E-state index contributed by atoms with van der Waals surface area (Å²) in [7, 11) is 1.56. The fourth-order valence-corrected chi connectivity index (χ4v) is 2.59. The van der Waals surface area contributed by atoms with E-state index in [4.69, 9.17) is 4.74 Å². The first-order chi connectivity index (χ1) is 10.8. The summed E-state index contributed by atoms with van der Waals surface area (Å²) >= 11 is 0. The molecule has 3 rings (SSSR count). The average molecular weight is 297 g/mol. The SMILES string of the molecule is COc1ccnc(C(=O)Nc2ccc(N3CCCC3)cc2)c1. The monoisotopic (exact) mass is 297 g/mol. The van der Waals surface area contributed by atoms with Crippen molar-refractivity contribution in [3.8, 4) is 5.75 Å². The van der Waals surface area contributed by atoms with E-state index in [1.54, 1.807) is 25.4 Å². The van der Waals surface area contributed by atoms with Crippen LogP contribution >= 0.6 is 0 Å². The molecule has 1 N–H and O–H groups in total. The van der Waals surface area contributed by atoms with E-state index in [-0.39, 0.29) is 5.91 Å². The number of carbonyl (C=O) groups excluding carboxylic acids is 1. The van der Waals surface area contributed by atoms with Crippen LogP contribution in [0.4, 0.5) is 11.4 Å². The lowest BCUT2D eigenvalue weighted by atomic mass is 10.2. The maximum absolute atomic E-state index is 12.2. The fraction of sp³-hybridized carbons (Fsp3) is 0.294. The Labute approximate surface area is 129 Å². The van der Waals surface area contributed by atoms with Crippen LogP contribution in [0.3, 0.4) is 0 Å². The van der Waals surface area contributed by atoms with E-state index >= 15 is 0 Å². The number of anilines is 2. The Morgan fingerprint density at radius 3 is 2.59 bits per heavy atom. The van der Waals surface area contributed by atoms with Crippen LogP contribution in [0.15, 0.2) is 42.6 Å².